The van der Waals surface area contributed by atoms with Crippen molar-refractivity contribution < 1.29 is 19.4 Å². The van der Waals surface area contributed by atoms with Crippen molar-refractivity contribution in [3.8, 4) is 23.1 Å². The van der Waals surface area contributed by atoms with E-state index in [1.54, 1.807) is 49.6 Å². The molecule has 2 heterocycles. The van der Waals surface area contributed by atoms with Crippen LogP contribution in [0.15, 0.2) is 72.8 Å². The highest BCUT2D eigenvalue weighted by atomic mass is 16.5. The Balaban J connectivity index is 1.89. The zero-order valence-electron chi connectivity index (χ0n) is 17.4. The Hall–Kier alpha value is -4.39. The van der Waals surface area contributed by atoms with Gasteiger partial charge in [0.15, 0.2) is 5.65 Å². The molecule has 0 atom stereocenters. The van der Waals surface area contributed by atoms with E-state index in [2.05, 4.69) is 0 Å². The standard InChI is InChI=1S/C25H19N3O4/c1-31-16-12-13-20(32-2)19(14-16)28-24-22(26-17-10-6-7-11-18(17)27-24)21(25(28)30)23(29)15-8-4-3-5-9-15/h3-14,30H,1-2H3. The molecule has 7 nitrogen and oxygen atoms in total. The highest BCUT2D eigenvalue weighted by molar-refractivity contribution is 6.18. The van der Waals surface area contributed by atoms with Crippen LogP contribution in [0.1, 0.15) is 15.9 Å². The number of para-hydroxylation sites is 2. The molecule has 0 radical (unpaired) electrons. The van der Waals surface area contributed by atoms with Crippen LogP contribution in [0.25, 0.3) is 27.9 Å². The zero-order valence-corrected chi connectivity index (χ0v) is 17.4. The predicted octanol–water partition coefficient (Wildman–Crippen LogP) is 4.53. The molecule has 0 bridgehead atoms. The summed E-state index contributed by atoms with van der Waals surface area (Å²) < 4.78 is 12.4. The average molecular weight is 425 g/mol. The number of aromatic hydroxyl groups is 1. The number of methoxy groups -OCH3 is 2. The molecule has 32 heavy (non-hydrogen) atoms. The normalized spacial score (nSPS) is 11.1. The summed E-state index contributed by atoms with van der Waals surface area (Å²) >= 11 is 0. The fraction of sp³-hybridized carbons (Fsp3) is 0.0800. The molecular formula is C25H19N3O4. The first-order chi connectivity index (χ1) is 15.6. The summed E-state index contributed by atoms with van der Waals surface area (Å²) in [7, 11) is 3.09. The summed E-state index contributed by atoms with van der Waals surface area (Å²) in [5, 5.41) is 11.4. The Kier molecular flexibility index (Phi) is 4.71. The second-order valence-electron chi connectivity index (χ2n) is 7.15. The van der Waals surface area contributed by atoms with Crippen LogP contribution in [0, 0.1) is 0 Å². The third-order valence-corrected chi connectivity index (χ3v) is 5.33. The van der Waals surface area contributed by atoms with E-state index in [1.165, 1.54) is 11.7 Å². The number of carbonyl (C=O) groups is 1. The highest BCUT2D eigenvalue weighted by Crippen LogP contribution is 2.39. The van der Waals surface area contributed by atoms with Crippen LogP contribution >= 0.6 is 0 Å². The van der Waals surface area contributed by atoms with Gasteiger partial charge in [-0.05, 0) is 24.3 Å². The molecule has 0 spiro atoms. The SMILES string of the molecule is COc1ccc(OC)c(-n2c(O)c(C(=O)c3ccccc3)c3nc4ccccc4nc32)c1. The third-order valence-electron chi connectivity index (χ3n) is 5.33. The maximum Gasteiger partial charge on any atom is 0.211 e. The fourth-order valence-corrected chi connectivity index (χ4v) is 3.78. The van der Waals surface area contributed by atoms with Gasteiger partial charge in [0.2, 0.25) is 11.7 Å². The first-order valence-corrected chi connectivity index (χ1v) is 9.94. The van der Waals surface area contributed by atoms with Crippen LogP contribution in [0.2, 0.25) is 0 Å². The molecule has 3 aromatic carbocycles. The van der Waals surface area contributed by atoms with Crippen molar-refractivity contribution in [2.45, 2.75) is 0 Å². The Morgan fingerprint density at radius 1 is 0.875 bits per heavy atom. The summed E-state index contributed by atoms with van der Waals surface area (Å²) in [5.41, 5.74) is 2.90. The lowest BCUT2D eigenvalue weighted by Crippen LogP contribution is -2.02. The summed E-state index contributed by atoms with van der Waals surface area (Å²) in [4.78, 5) is 22.9. The number of hydrogen-bond donors (Lipinski definition) is 1. The van der Waals surface area contributed by atoms with Crippen molar-refractivity contribution in [2.24, 2.45) is 0 Å². The average Bonchev–Trinajstić information content (AvgIpc) is 3.12. The van der Waals surface area contributed by atoms with Gasteiger partial charge in [0.05, 0.1) is 30.9 Å². The van der Waals surface area contributed by atoms with Crippen molar-refractivity contribution in [3.05, 3.63) is 83.9 Å². The molecule has 0 aliphatic heterocycles. The number of benzene rings is 3. The van der Waals surface area contributed by atoms with Gasteiger partial charge in [-0.25, -0.2) is 9.97 Å². The van der Waals surface area contributed by atoms with Crippen LogP contribution in [-0.2, 0) is 0 Å². The number of ether oxygens (including phenoxy) is 2. The minimum atomic E-state index is -0.349. The van der Waals surface area contributed by atoms with Crippen LogP contribution in [0.4, 0.5) is 0 Å². The van der Waals surface area contributed by atoms with E-state index in [1.807, 2.05) is 30.3 Å². The third kappa shape index (κ3) is 3.02. The molecule has 7 heteroatoms. The second-order valence-corrected chi connectivity index (χ2v) is 7.15. The zero-order chi connectivity index (χ0) is 22.2. The molecular weight excluding hydrogens is 406 g/mol. The summed E-state index contributed by atoms with van der Waals surface area (Å²) in [6, 6.07) is 21.3. The lowest BCUT2D eigenvalue weighted by molar-refractivity contribution is 0.103. The van der Waals surface area contributed by atoms with Crippen LogP contribution in [0.5, 0.6) is 17.4 Å². The van der Waals surface area contributed by atoms with Gasteiger partial charge < -0.3 is 14.6 Å². The smallest absolute Gasteiger partial charge is 0.211 e. The van der Waals surface area contributed by atoms with Gasteiger partial charge in [-0.1, -0.05) is 42.5 Å². The van der Waals surface area contributed by atoms with Crippen molar-refractivity contribution >= 4 is 28.0 Å². The molecule has 0 aliphatic carbocycles. The van der Waals surface area contributed by atoms with Gasteiger partial charge in [0.25, 0.3) is 0 Å². The Morgan fingerprint density at radius 3 is 2.25 bits per heavy atom. The molecule has 0 saturated heterocycles. The number of carbonyl (C=O) groups excluding carboxylic acids is 1. The van der Waals surface area contributed by atoms with Gasteiger partial charge in [-0.15, -0.1) is 0 Å². The van der Waals surface area contributed by atoms with E-state index in [0.717, 1.165) is 0 Å². The Bertz CT molecular complexity index is 1480. The minimum absolute atomic E-state index is 0.0781. The van der Waals surface area contributed by atoms with Crippen molar-refractivity contribution in [1.82, 2.24) is 14.5 Å². The number of nitrogens with zero attached hydrogens (tertiary/aromatic N) is 3. The van der Waals surface area contributed by atoms with Crippen molar-refractivity contribution in [3.63, 3.8) is 0 Å². The van der Waals surface area contributed by atoms with Crippen LogP contribution in [0.3, 0.4) is 0 Å². The van der Waals surface area contributed by atoms with Crippen LogP contribution in [-0.4, -0.2) is 39.6 Å². The van der Waals surface area contributed by atoms with E-state index in [-0.39, 0.29) is 17.2 Å². The van der Waals surface area contributed by atoms with Gasteiger partial charge in [0.1, 0.15) is 22.6 Å². The first kappa shape index (κ1) is 19.6. The lowest BCUT2D eigenvalue weighted by atomic mass is 10.0. The fourth-order valence-electron chi connectivity index (χ4n) is 3.78. The van der Waals surface area contributed by atoms with E-state index in [4.69, 9.17) is 19.4 Å². The molecule has 0 unspecified atom stereocenters. The molecule has 0 saturated carbocycles. The summed E-state index contributed by atoms with van der Waals surface area (Å²) in [6.07, 6.45) is 0. The van der Waals surface area contributed by atoms with Crippen molar-refractivity contribution in [1.29, 1.82) is 0 Å². The number of rotatable bonds is 5. The van der Waals surface area contributed by atoms with Gasteiger partial charge in [-0.2, -0.15) is 0 Å². The molecule has 0 fully saturated rings. The Labute approximate surface area is 183 Å². The molecule has 2 aromatic heterocycles. The van der Waals surface area contributed by atoms with E-state index in [9.17, 15) is 9.90 Å². The molecule has 5 aromatic rings. The van der Waals surface area contributed by atoms with Gasteiger partial charge in [0, 0.05) is 11.6 Å². The predicted molar refractivity (Wildman–Crippen MR) is 121 cm³/mol. The Morgan fingerprint density at radius 2 is 1.56 bits per heavy atom. The number of ketones is 1. The summed E-state index contributed by atoms with van der Waals surface area (Å²) in [5.74, 6) is 0.424. The summed E-state index contributed by atoms with van der Waals surface area (Å²) in [6.45, 7) is 0. The van der Waals surface area contributed by atoms with Crippen molar-refractivity contribution in [2.75, 3.05) is 14.2 Å². The van der Waals surface area contributed by atoms with Crippen LogP contribution < -0.4 is 9.47 Å². The monoisotopic (exact) mass is 425 g/mol. The van der Waals surface area contributed by atoms with Gasteiger partial charge >= 0.3 is 0 Å². The first-order valence-electron chi connectivity index (χ1n) is 9.94. The van der Waals surface area contributed by atoms with E-state index < -0.39 is 0 Å². The molecule has 158 valence electrons. The lowest BCUT2D eigenvalue weighted by Gasteiger charge is -2.13. The van der Waals surface area contributed by atoms with Gasteiger partial charge in [-0.3, -0.25) is 9.36 Å². The quantitative estimate of drug-likeness (QED) is 0.417. The van der Waals surface area contributed by atoms with E-state index >= 15 is 0 Å². The molecule has 0 aliphatic rings. The molecule has 5 rings (SSSR count). The largest absolute Gasteiger partial charge is 0.497 e. The number of fused-ring (bicyclic) bond motifs is 2. The number of aromatic nitrogens is 3. The minimum Gasteiger partial charge on any atom is -0.497 e. The topological polar surface area (TPSA) is 86.5 Å². The maximum absolute atomic E-state index is 13.4. The molecule has 1 N–H and O–H groups in total. The van der Waals surface area contributed by atoms with E-state index in [0.29, 0.717) is 44.9 Å². The number of hydrogen-bond acceptors (Lipinski definition) is 6. The highest BCUT2D eigenvalue weighted by Gasteiger charge is 2.28. The molecule has 0 amide bonds. The second kappa shape index (κ2) is 7.70. The maximum atomic E-state index is 13.4.